The Hall–Kier alpha value is -3.01. The lowest BCUT2D eigenvalue weighted by Gasteiger charge is -2.10. The molecule has 26 heavy (non-hydrogen) atoms. The molecule has 3 nitrogen and oxygen atoms in total. The predicted octanol–water partition coefficient (Wildman–Crippen LogP) is 3.98. The first-order chi connectivity index (χ1) is 12.6. The van der Waals surface area contributed by atoms with Crippen LogP contribution in [-0.2, 0) is 17.8 Å². The molecule has 0 bridgehead atoms. The highest BCUT2D eigenvalue weighted by Crippen LogP contribution is 2.11. The number of nitrogens with zero attached hydrogens (tertiary/aromatic N) is 2. The molecule has 3 rings (SSSR count). The van der Waals surface area contributed by atoms with Gasteiger partial charge < -0.3 is 4.57 Å². The number of carbonyl (C=O) groups is 1. The lowest BCUT2D eigenvalue weighted by molar-refractivity contribution is -0.121. The number of halogens is 1. The number of rotatable bonds is 5. The van der Waals surface area contributed by atoms with Gasteiger partial charge in [-0.25, -0.2) is 4.39 Å². The van der Waals surface area contributed by atoms with Gasteiger partial charge in [0, 0.05) is 18.7 Å². The van der Waals surface area contributed by atoms with Gasteiger partial charge in [0.05, 0.1) is 0 Å². The van der Waals surface area contributed by atoms with Crippen LogP contribution in [0.4, 0.5) is 4.39 Å². The van der Waals surface area contributed by atoms with Crippen molar-refractivity contribution in [3.05, 3.63) is 101 Å². The highest BCUT2D eigenvalue weighted by Gasteiger charge is 2.13. The van der Waals surface area contributed by atoms with Gasteiger partial charge in [0.1, 0.15) is 11.3 Å². The van der Waals surface area contributed by atoms with Crippen molar-refractivity contribution in [1.29, 1.82) is 0 Å². The van der Waals surface area contributed by atoms with Crippen LogP contribution in [0.3, 0.4) is 0 Å². The Morgan fingerprint density at radius 2 is 1.73 bits per heavy atom. The van der Waals surface area contributed by atoms with Gasteiger partial charge in [-0.3, -0.25) is 4.79 Å². The van der Waals surface area contributed by atoms with Crippen LogP contribution in [0.2, 0.25) is 0 Å². The number of aromatic nitrogens is 1. The minimum atomic E-state index is -0.317. The molecule has 1 aromatic heterocycles. The molecule has 1 atom stereocenters. The van der Waals surface area contributed by atoms with E-state index in [0.29, 0.717) is 18.5 Å². The number of amides is 1. The molecule has 1 unspecified atom stereocenters. The van der Waals surface area contributed by atoms with Crippen LogP contribution in [-0.4, -0.2) is 10.5 Å². The molecule has 0 saturated heterocycles. The fraction of sp³-hybridized carbons (Fsp3) is 0.182. The first kappa shape index (κ1) is 17.8. The maximum Gasteiger partial charge on any atom is 0.250 e. The first-order valence-electron chi connectivity index (χ1n) is 8.64. The summed E-state index contributed by atoms with van der Waals surface area (Å²) in [7, 11) is 0. The third-order valence-electron chi connectivity index (χ3n) is 4.19. The largest absolute Gasteiger partial charge is 0.328 e. The van der Waals surface area contributed by atoms with E-state index in [2.05, 4.69) is 4.99 Å². The van der Waals surface area contributed by atoms with E-state index in [9.17, 15) is 9.18 Å². The van der Waals surface area contributed by atoms with Crippen LogP contribution in [0.15, 0.2) is 84.0 Å². The first-order valence-corrected chi connectivity index (χ1v) is 8.64. The van der Waals surface area contributed by atoms with Gasteiger partial charge in [-0.05, 0) is 41.8 Å². The van der Waals surface area contributed by atoms with Crippen molar-refractivity contribution in [2.24, 2.45) is 10.9 Å². The maximum atomic E-state index is 13.3. The monoisotopic (exact) mass is 348 g/mol. The van der Waals surface area contributed by atoms with Gasteiger partial charge in [-0.1, -0.05) is 55.5 Å². The second-order valence-corrected chi connectivity index (χ2v) is 6.36. The minimum Gasteiger partial charge on any atom is -0.328 e. The molecule has 1 heterocycles. The van der Waals surface area contributed by atoms with E-state index in [0.717, 1.165) is 11.1 Å². The Morgan fingerprint density at radius 1 is 1.00 bits per heavy atom. The molecule has 4 heteroatoms. The summed E-state index contributed by atoms with van der Waals surface area (Å²) in [4.78, 5) is 16.8. The zero-order valence-electron chi connectivity index (χ0n) is 14.7. The van der Waals surface area contributed by atoms with Gasteiger partial charge in [0.15, 0.2) is 0 Å². The van der Waals surface area contributed by atoms with E-state index in [4.69, 9.17) is 0 Å². The number of hydrogen-bond donors (Lipinski definition) is 0. The molecule has 132 valence electrons. The predicted molar refractivity (Wildman–Crippen MR) is 99.8 cm³/mol. The van der Waals surface area contributed by atoms with Crippen molar-refractivity contribution in [3.63, 3.8) is 0 Å². The van der Waals surface area contributed by atoms with E-state index in [1.165, 1.54) is 12.1 Å². The van der Waals surface area contributed by atoms with Crippen LogP contribution in [0, 0.1) is 11.7 Å². The van der Waals surface area contributed by atoms with E-state index >= 15 is 0 Å². The van der Waals surface area contributed by atoms with Crippen molar-refractivity contribution in [1.82, 2.24) is 4.57 Å². The van der Waals surface area contributed by atoms with Crippen molar-refractivity contribution in [2.75, 3.05) is 0 Å². The van der Waals surface area contributed by atoms with Crippen molar-refractivity contribution >= 4 is 5.91 Å². The molecule has 0 N–H and O–H groups in total. The van der Waals surface area contributed by atoms with Gasteiger partial charge in [-0.15, -0.1) is 0 Å². The Balaban J connectivity index is 1.79. The third-order valence-corrected chi connectivity index (χ3v) is 4.19. The summed E-state index contributed by atoms with van der Waals surface area (Å²) in [5.74, 6) is -0.813. The number of hydrogen-bond acceptors (Lipinski definition) is 1. The molecular formula is C22H21FN2O. The summed E-state index contributed by atoms with van der Waals surface area (Å²) >= 11 is 0. The summed E-state index contributed by atoms with van der Waals surface area (Å²) < 4.78 is 15.3. The normalized spacial score (nSPS) is 12.8. The summed E-state index contributed by atoms with van der Waals surface area (Å²) in [6.45, 7) is 2.47. The number of benzene rings is 2. The van der Waals surface area contributed by atoms with E-state index in [1.807, 2.05) is 72.3 Å². The molecule has 0 spiro atoms. The van der Waals surface area contributed by atoms with Crippen LogP contribution in [0.25, 0.3) is 0 Å². The smallest absolute Gasteiger partial charge is 0.250 e. The molecule has 0 aliphatic rings. The molecule has 1 amide bonds. The van der Waals surface area contributed by atoms with Crippen LogP contribution < -0.4 is 5.49 Å². The van der Waals surface area contributed by atoms with Crippen LogP contribution >= 0.6 is 0 Å². The molecule has 2 aromatic carbocycles. The lowest BCUT2D eigenvalue weighted by Crippen LogP contribution is -2.24. The minimum absolute atomic E-state index is 0.206. The van der Waals surface area contributed by atoms with Crippen molar-refractivity contribution in [3.8, 4) is 0 Å². The highest BCUT2D eigenvalue weighted by molar-refractivity contribution is 5.79. The highest BCUT2D eigenvalue weighted by atomic mass is 19.1. The van der Waals surface area contributed by atoms with Gasteiger partial charge in [0.25, 0.3) is 5.91 Å². The Kier molecular flexibility index (Phi) is 5.74. The standard InChI is InChI=1S/C22H21FN2O/c1-17(14-19-10-7-11-20(23)15-19)22(26)24-21-12-5-6-13-25(21)16-18-8-3-2-4-9-18/h2-13,15,17H,14,16H2,1H3. The van der Waals surface area contributed by atoms with E-state index in [-0.39, 0.29) is 17.6 Å². The van der Waals surface area contributed by atoms with Crippen LogP contribution in [0.5, 0.6) is 0 Å². The fourth-order valence-corrected chi connectivity index (χ4v) is 2.81. The second kappa shape index (κ2) is 8.39. The number of pyridine rings is 1. The second-order valence-electron chi connectivity index (χ2n) is 6.36. The summed E-state index contributed by atoms with van der Waals surface area (Å²) in [5, 5.41) is 0. The summed E-state index contributed by atoms with van der Waals surface area (Å²) in [6.07, 6.45) is 2.38. The molecule has 0 aliphatic carbocycles. The maximum absolute atomic E-state index is 13.3. The average molecular weight is 348 g/mol. The zero-order chi connectivity index (χ0) is 18.4. The quantitative estimate of drug-likeness (QED) is 0.687. The Morgan fingerprint density at radius 3 is 2.50 bits per heavy atom. The van der Waals surface area contributed by atoms with E-state index < -0.39 is 0 Å². The third kappa shape index (κ3) is 4.76. The summed E-state index contributed by atoms with van der Waals surface area (Å²) in [5.41, 5.74) is 2.55. The van der Waals surface area contributed by atoms with E-state index in [1.54, 1.807) is 6.07 Å². The molecular weight excluding hydrogens is 327 g/mol. The molecule has 3 aromatic rings. The average Bonchev–Trinajstić information content (AvgIpc) is 2.64. The SMILES string of the molecule is CC(Cc1cccc(F)c1)C(=O)N=c1ccccn1Cc1ccccc1. The molecule has 0 aliphatic heterocycles. The summed E-state index contributed by atoms with van der Waals surface area (Å²) in [6, 6.07) is 22.0. The van der Waals surface area contributed by atoms with Gasteiger partial charge in [0.2, 0.25) is 0 Å². The Bertz CT molecular complexity index is 947. The van der Waals surface area contributed by atoms with Crippen molar-refractivity contribution < 1.29 is 9.18 Å². The van der Waals surface area contributed by atoms with Crippen molar-refractivity contribution in [2.45, 2.75) is 19.9 Å². The Labute approximate surface area is 152 Å². The fourth-order valence-electron chi connectivity index (χ4n) is 2.81. The lowest BCUT2D eigenvalue weighted by atomic mass is 10.0. The zero-order valence-corrected chi connectivity index (χ0v) is 14.7. The number of carbonyl (C=O) groups excluding carboxylic acids is 1. The molecule has 0 saturated carbocycles. The molecule has 0 fully saturated rings. The van der Waals surface area contributed by atoms with Crippen LogP contribution in [0.1, 0.15) is 18.1 Å². The van der Waals surface area contributed by atoms with Gasteiger partial charge >= 0.3 is 0 Å². The van der Waals surface area contributed by atoms with Gasteiger partial charge in [-0.2, -0.15) is 4.99 Å². The topological polar surface area (TPSA) is 34.4 Å². The molecule has 0 radical (unpaired) electrons.